The molecule has 3 nitrogen and oxygen atoms in total. The third kappa shape index (κ3) is 2.58. The van der Waals surface area contributed by atoms with Crippen molar-refractivity contribution in [2.24, 2.45) is 0 Å². The molecule has 1 saturated heterocycles. The minimum absolute atomic E-state index is 0.240. The summed E-state index contributed by atoms with van der Waals surface area (Å²) >= 11 is 0. The molecule has 94 valence electrons. The van der Waals surface area contributed by atoms with Gasteiger partial charge >= 0.3 is 0 Å². The fourth-order valence-corrected chi connectivity index (χ4v) is 2.31. The van der Waals surface area contributed by atoms with E-state index in [9.17, 15) is 9.50 Å². The number of aliphatic hydroxyl groups is 1. The average molecular weight is 238 g/mol. The second kappa shape index (κ2) is 5.47. The molecule has 4 heteroatoms. The summed E-state index contributed by atoms with van der Waals surface area (Å²) in [6.45, 7) is 6.75. The maximum Gasteiger partial charge on any atom is 0.130 e. The zero-order valence-electron chi connectivity index (χ0n) is 10.2. The number of likely N-dealkylation sites (N-methyl/N-ethyl adjacent to an activating group) is 1. The lowest BCUT2D eigenvalue weighted by molar-refractivity contribution is 0.265. The van der Waals surface area contributed by atoms with Crippen molar-refractivity contribution in [3.8, 4) is 0 Å². The molecule has 0 atom stereocenters. The van der Waals surface area contributed by atoms with Gasteiger partial charge in [0.1, 0.15) is 5.82 Å². The minimum Gasteiger partial charge on any atom is -0.391 e. The molecule has 0 bridgehead atoms. The number of hydrogen-bond donors (Lipinski definition) is 1. The van der Waals surface area contributed by atoms with E-state index in [1.54, 1.807) is 6.07 Å². The first kappa shape index (κ1) is 12.3. The first-order chi connectivity index (χ1) is 8.26. The van der Waals surface area contributed by atoms with E-state index in [0.717, 1.165) is 38.4 Å². The van der Waals surface area contributed by atoms with Crippen LogP contribution in [-0.4, -0.2) is 42.7 Å². The van der Waals surface area contributed by atoms with Gasteiger partial charge < -0.3 is 14.9 Å². The molecule has 1 aliphatic rings. The van der Waals surface area contributed by atoms with Gasteiger partial charge in [0.25, 0.3) is 0 Å². The summed E-state index contributed by atoms with van der Waals surface area (Å²) in [7, 11) is 0. The average Bonchev–Trinajstić information content (AvgIpc) is 2.38. The van der Waals surface area contributed by atoms with Crippen LogP contribution in [-0.2, 0) is 6.61 Å². The van der Waals surface area contributed by atoms with Crippen LogP contribution in [0.25, 0.3) is 0 Å². The molecule has 1 aliphatic heterocycles. The number of nitrogens with zero attached hydrogens (tertiary/aromatic N) is 2. The van der Waals surface area contributed by atoms with Crippen molar-refractivity contribution < 1.29 is 9.50 Å². The number of rotatable bonds is 3. The van der Waals surface area contributed by atoms with E-state index >= 15 is 0 Å². The Labute approximate surface area is 101 Å². The third-order valence-corrected chi connectivity index (χ3v) is 3.41. The molecule has 17 heavy (non-hydrogen) atoms. The Morgan fingerprint density at radius 2 is 1.94 bits per heavy atom. The van der Waals surface area contributed by atoms with E-state index in [2.05, 4.69) is 16.7 Å². The summed E-state index contributed by atoms with van der Waals surface area (Å²) in [5, 5.41) is 9.25. The van der Waals surface area contributed by atoms with Crippen LogP contribution in [0.4, 0.5) is 10.1 Å². The number of halogens is 1. The molecule has 1 heterocycles. The maximum atomic E-state index is 13.6. The Bertz CT molecular complexity index is 376. The van der Waals surface area contributed by atoms with Gasteiger partial charge in [-0.3, -0.25) is 0 Å². The van der Waals surface area contributed by atoms with Crippen LogP contribution in [0, 0.1) is 5.82 Å². The van der Waals surface area contributed by atoms with E-state index in [-0.39, 0.29) is 12.4 Å². The lowest BCUT2D eigenvalue weighted by atomic mass is 10.1. The lowest BCUT2D eigenvalue weighted by Crippen LogP contribution is -2.46. The third-order valence-electron chi connectivity index (χ3n) is 3.41. The van der Waals surface area contributed by atoms with Crippen LogP contribution in [0.3, 0.4) is 0 Å². The van der Waals surface area contributed by atoms with Gasteiger partial charge in [-0.25, -0.2) is 4.39 Å². The normalized spacial score (nSPS) is 17.5. The second-order valence-corrected chi connectivity index (χ2v) is 4.32. The monoisotopic (exact) mass is 238 g/mol. The van der Waals surface area contributed by atoms with E-state index < -0.39 is 0 Å². The Hall–Kier alpha value is -1.13. The number of anilines is 1. The topological polar surface area (TPSA) is 26.7 Å². The molecule has 1 fully saturated rings. The zero-order chi connectivity index (χ0) is 12.3. The fourth-order valence-electron chi connectivity index (χ4n) is 2.31. The highest BCUT2D eigenvalue weighted by atomic mass is 19.1. The molecule has 0 saturated carbocycles. The number of benzene rings is 1. The van der Waals surface area contributed by atoms with Crippen LogP contribution in [0.2, 0.25) is 0 Å². The quantitative estimate of drug-likeness (QED) is 0.863. The summed E-state index contributed by atoms with van der Waals surface area (Å²) in [6, 6.07) is 4.99. The number of aliphatic hydroxyl groups excluding tert-OH is 1. The van der Waals surface area contributed by atoms with E-state index in [4.69, 9.17) is 0 Å². The van der Waals surface area contributed by atoms with Crippen molar-refractivity contribution in [1.29, 1.82) is 0 Å². The van der Waals surface area contributed by atoms with Gasteiger partial charge in [0, 0.05) is 37.4 Å². The van der Waals surface area contributed by atoms with Crippen LogP contribution in [0.15, 0.2) is 18.2 Å². The molecule has 0 amide bonds. The Morgan fingerprint density at radius 1 is 1.24 bits per heavy atom. The van der Waals surface area contributed by atoms with Crippen molar-refractivity contribution >= 4 is 5.69 Å². The largest absolute Gasteiger partial charge is 0.391 e. The van der Waals surface area contributed by atoms with Crippen molar-refractivity contribution in [3.05, 3.63) is 29.6 Å². The maximum absolute atomic E-state index is 13.6. The molecule has 0 unspecified atom stereocenters. The summed E-state index contributed by atoms with van der Waals surface area (Å²) < 4.78 is 13.6. The fraction of sp³-hybridized carbons (Fsp3) is 0.538. The first-order valence-electron chi connectivity index (χ1n) is 6.11. The first-order valence-corrected chi connectivity index (χ1v) is 6.11. The summed E-state index contributed by atoms with van der Waals surface area (Å²) in [5.41, 5.74) is 1.25. The molecule has 1 N–H and O–H groups in total. The molecule has 2 rings (SSSR count). The summed E-state index contributed by atoms with van der Waals surface area (Å²) in [5.74, 6) is -0.317. The zero-order valence-corrected chi connectivity index (χ0v) is 10.2. The predicted molar refractivity (Wildman–Crippen MR) is 66.6 cm³/mol. The second-order valence-electron chi connectivity index (χ2n) is 4.32. The van der Waals surface area contributed by atoms with Gasteiger partial charge in [0.15, 0.2) is 0 Å². The van der Waals surface area contributed by atoms with Gasteiger partial charge in [0.2, 0.25) is 0 Å². The highest BCUT2D eigenvalue weighted by Gasteiger charge is 2.19. The van der Waals surface area contributed by atoms with Gasteiger partial charge in [0.05, 0.1) is 6.61 Å². The number of piperazine rings is 1. The van der Waals surface area contributed by atoms with Crippen LogP contribution in [0.5, 0.6) is 0 Å². The Morgan fingerprint density at radius 3 is 2.53 bits per heavy atom. The summed E-state index contributed by atoms with van der Waals surface area (Å²) in [4.78, 5) is 4.52. The smallest absolute Gasteiger partial charge is 0.130 e. The molecule has 1 aromatic rings. The van der Waals surface area contributed by atoms with Crippen LogP contribution in [0.1, 0.15) is 12.5 Å². The molecule has 0 spiro atoms. The molecular weight excluding hydrogens is 219 g/mol. The summed E-state index contributed by atoms with van der Waals surface area (Å²) in [6.07, 6.45) is 0. The molecule has 0 aliphatic carbocycles. The van der Waals surface area contributed by atoms with Crippen molar-refractivity contribution in [3.63, 3.8) is 0 Å². The number of hydrogen-bond acceptors (Lipinski definition) is 3. The lowest BCUT2D eigenvalue weighted by Gasteiger charge is -2.36. The molecule has 0 radical (unpaired) electrons. The van der Waals surface area contributed by atoms with E-state index in [0.29, 0.717) is 5.56 Å². The SMILES string of the molecule is CCN1CCN(c2cccc(F)c2CO)CC1. The van der Waals surface area contributed by atoms with Gasteiger partial charge in [-0.05, 0) is 18.7 Å². The Kier molecular flexibility index (Phi) is 3.97. The van der Waals surface area contributed by atoms with Gasteiger partial charge in [-0.1, -0.05) is 13.0 Å². The van der Waals surface area contributed by atoms with Crippen molar-refractivity contribution in [2.45, 2.75) is 13.5 Å². The minimum atomic E-state index is -0.317. The van der Waals surface area contributed by atoms with E-state index in [1.807, 2.05) is 6.07 Å². The van der Waals surface area contributed by atoms with Gasteiger partial charge in [-0.15, -0.1) is 0 Å². The molecule has 0 aromatic heterocycles. The highest BCUT2D eigenvalue weighted by molar-refractivity contribution is 5.54. The van der Waals surface area contributed by atoms with Crippen LogP contribution >= 0.6 is 0 Å². The molecule has 1 aromatic carbocycles. The Balaban J connectivity index is 2.15. The van der Waals surface area contributed by atoms with Gasteiger partial charge in [-0.2, -0.15) is 0 Å². The van der Waals surface area contributed by atoms with Crippen LogP contribution < -0.4 is 4.90 Å². The predicted octanol–water partition coefficient (Wildman–Crippen LogP) is 1.46. The molecular formula is C13H19FN2O. The van der Waals surface area contributed by atoms with E-state index in [1.165, 1.54) is 6.07 Å². The standard InChI is InChI=1S/C13H19FN2O/c1-2-15-6-8-16(9-7-15)13-5-3-4-12(14)11(13)10-17/h3-5,17H,2,6-10H2,1H3. The highest BCUT2D eigenvalue weighted by Crippen LogP contribution is 2.24. The van der Waals surface area contributed by atoms with Crippen molar-refractivity contribution in [1.82, 2.24) is 4.90 Å². The van der Waals surface area contributed by atoms with Crippen molar-refractivity contribution in [2.75, 3.05) is 37.6 Å².